The maximum absolute atomic E-state index is 12.1. The van der Waals surface area contributed by atoms with Gasteiger partial charge in [0.1, 0.15) is 17.6 Å². The number of ether oxygens (including phenoxy) is 2. The summed E-state index contributed by atoms with van der Waals surface area (Å²) in [6, 6.07) is 7.58. The summed E-state index contributed by atoms with van der Waals surface area (Å²) in [6.07, 6.45) is 3.71. The number of carbonyl (C=O) groups excluding carboxylic acids is 1. The molecule has 122 valence electrons. The van der Waals surface area contributed by atoms with Crippen molar-refractivity contribution >= 4 is 5.91 Å². The number of rotatable bonds is 6. The molecule has 2 rings (SSSR count). The van der Waals surface area contributed by atoms with E-state index in [-0.39, 0.29) is 24.0 Å². The van der Waals surface area contributed by atoms with Crippen molar-refractivity contribution in [2.24, 2.45) is 11.7 Å². The Labute approximate surface area is 132 Å². The zero-order valence-corrected chi connectivity index (χ0v) is 13.4. The Hall–Kier alpha value is -1.75. The van der Waals surface area contributed by atoms with E-state index in [0.29, 0.717) is 6.54 Å². The van der Waals surface area contributed by atoms with Crippen LogP contribution in [0.5, 0.6) is 11.5 Å². The Bertz CT molecular complexity index is 475. The van der Waals surface area contributed by atoms with Crippen molar-refractivity contribution in [3.05, 3.63) is 24.3 Å². The van der Waals surface area contributed by atoms with Gasteiger partial charge in [-0.25, -0.2) is 0 Å². The summed E-state index contributed by atoms with van der Waals surface area (Å²) in [5.74, 6) is 1.71. The SMILES string of the molecule is COc1ccc(OC(C)CNC(=O)C2CCCC(N)C2)cc1. The lowest BCUT2D eigenvalue weighted by Gasteiger charge is -2.26. The van der Waals surface area contributed by atoms with Crippen LogP contribution in [0.15, 0.2) is 24.3 Å². The minimum absolute atomic E-state index is 0.0527. The summed E-state index contributed by atoms with van der Waals surface area (Å²) in [5.41, 5.74) is 5.93. The molecule has 0 saturated heterocycles. The van der Waals surface area contributed by atoms with Gasteiger partial charge >= 0.3 is 0 Å². The number of methoxy groups -OCH3 is 1. The second-order valence-electron chi connectivity index (χ2n) is 5.97. The standard InChI is InChI=1S/C17H26N2O3/c1-12(22-16-8-6-15(21-2)7-9-16)11-19-17(20)13-4-3-5-14(18)10-13/h6-9,12-14H,3-5,10-11,18H2,1-2H3,(H,19,20). The van der Waals surface area contributed by atoms with E-state index in [4.69, 9.17) is 15.2 Å². The highest BCUT2D eigenvalue weighted by atomic mass is 16.5. The van der Waals surface area contributed by atoms with Crippen LogP contribution >= 0.6 is 0 Å². The smallest absolute Gasteiger partial charge is 0.223 e. The lowest BCUT2D eigenvalue weighted by Crippen LogP contribution is -2.41. The van der Waals surface area contributed by atoms with Crippen molar-refractivity contribution in [3.63, 3.8) is 0 Å². The summed E-state index contributed by atoms with van der Waals surface area (Å²) in [5, 5.41) is 2.97. The van der Waals surface area contributed by atoms with Crippen LogP contribution in [0.2, 0.25) is 0 Å². The molecule has 5 heteroatoms. The summed E-state index contributed by atoms with van der Waals surface area (Å²) >= 11 is 0. The van der Waals surface area contributed by atoms with Crippen LogP contribution in [0.4, 0.5) is 0 Å². The first-order chi connectivity index (χ1) is 10.6. The highest BCUT2D eigenvalue weighted by Gasteiger charge is 2.25. The van der Waals surface area contributed by atoms with Crippen LogP contribution in [0.1, 0.15) is 32.6 Å². The molecule has 3 unspecified atom stereocenters. The molecule has 0 spiro atoms. The van der Waals surface area contributed by atoms with Gasteiger partial charge in [-0.2, -0.15) is 0 Å². The molecule has 0 aliphatic heterocycles. The Morgan fingerprint density at radius 1 is 1.32 bits per heavy atom. The van der Waals surface area contributed by atoms with Crippen LogP contribution in [0.25, 0.3) is 0 Å². The number of nitrogens with two attached hydrogens (primary N) is 1. The van der Waals surface area contributed by atoms with Crippen molar-refractivity contribution in [3.8, 4) is 11.5 Å². The van der Waals surface area contributed by atoms with Crippen molar-refractivity contribution in [2.45, 2.75) is 44.8 Å². The van der Waals surface area contributed by atoms with Gasteiger partial charge in [0.25, 0.3) is 0 Å². The lowest BCUT2D eigenvalue weighted by molar-refractivity contribution is -0.126. The molecule has 1 aromatic carbocycles. The second kappa shape index (κ2) is 8.03. The highest BCUT2D eigenvalue weighted by molar-refractivity contribution is 5.78. The zero-order chi connectivity index (χ0) is 15.9. The lowest BCUT2D eigenvalue weighted by atomic mass is 9.85. The molecule has 0 radical (unpaired) electrons. The molecular formula is C17H26N2O3. The molecular weight excluding hydrogens is 280 g/mol. The maximum Gasteiger partial charge on any atom is 0.223 e. The predicted octanol–water partition coefficient (Wildman–Crippen LogP) is 2.10. The van der Waals surface area contributed by atoms with E-state index in [0.717, 1.165) is 37.2 Å². The van der Waals surface area contributed by atoms with Gasteiger partial charge in [-0.1, -0.05) is 6.42 Å². The fraction of sp³-hybridized carbons (Fsp3) is 0.588. The predicted molar refractivity (Wildman–Crippen MR) is 86.0 cm³/mol. The first kappa shape index (κ1) is 16.6. The fourth-order valence-electron chi connectivity index (χ4n) is 2.78. The van der Waals surface area contributed by atoms with Crippen LogP contribution in [0, 0.1) is 5.92 Å². The normalized spacial score (nSPS) is 22.7. The molecule has 0 bridgehead atoms. The van der Waals surface area contributed by atoms with Crippen LogP contribution in [-0.2, 0) is 4.79 Å². The average molecular weight is 306 g/mol. The zero-order valence-electron chi connectivity index (χ0n) is 13.4. The van der Waals surface area contributed by atoms with Crippen LogP contribution < -0.4 is 20.5 Å². The molecule has 22 heavy (non-hydrogen) atoms. The minimum atomic E-state index is -0.0883. The third-order valence-electron chi connectivity index (χ3n) is 4.05. The van der Waals surface area contributed by atoms with E-state index in [1.807, 2.05) is 31.2 Å². The third kappa shape index (κ3) is 4.91. The van der Waals surface area contributed by atoms with Crippen LogP contribution in [-0.4, -0.2) is 31.7 Å². The Morgan fingerprint density at radius 2 is 2.00 bits per heavy atom. The van der Waals surface area contributed by atoms with Crippen molar-refractivity contribution in [1.82, 2.24) is 5.32 Å². The van der Waals surface area contributed by atoms with Crippen molar-refractivity contribution < 1.29 is 14.3 Å². The van der Waals surface area contributed by atoms with Crippen molar-refractivity contribution in [2.75, 3.05) is 13.7 Å². The first-order valence-electron chi connectivity index (χ1n) is 7.92. The van der Waals surface area contributed by atoms with E-state index < -0.39 is 0 Å². The number of hydrogen-bond acceptors (Lipinski definition) is 4. The van der Waals surface area contributed by atoms with E-state index in [1.54, 1.807) is 7.11 Å². The number of nitrogens with one attached hydrogen (secondary N) is 1. The van der Waals surface area contributed by atoms with E-state index >= 15 is 0 Å². The molecule has 1 saturated carbocycles. The molecule has 5 nitrogen and oxygen atoms in total. The number of carbonyl (C=O) groups is 1. The first-order valence-corrected chi connectivity index (χ1v) is 7.92. The summed E-state index contributed by atoms with van der Waals surface area (Å²) in [6.45, 7) is 2.44. The monoisotopic (exact) mass is 306 g/mol. The Kier molecular flexibility index (Phi) is 6.07. The quantitative estimate of drug-likeness (QED) is 0.844. The average Bonchev–Trinajstić information content (AvgIpc) is 2.53. The summed E-state index contributed by atoms with van der Waals surface area (Å²) in [7, 11) is 1.63. The molecule has 0 heterocycles. The molecule has 3 N–H and O–H groups in total. The van der Waals surface area contributed by atoms with Gasteiger partial charge in [0.15, 0.2) is 0 Å². The van der Waals surface area contributed by atoms with Gasteiger partial charge in [0.2, 0.25) is 5.91 Å². The molecule has 3 atom stereocenters. The molecule has 0 aromatic heterocycles. The van der Waals surface area contributed by atoms with Gasteiger partial charge in [0, 0.05) is 12.0 Å². The number of hydrogen-bond donors (Lipinski definition) is 2. The van der Waals surface area contributed by atoms with Gasteiger partial charge in [-0.05, 0) is 50.5 Å². The minimum Gasteiger partial charge on any atom is -0.497 e. The van der Waals surface area contributed by atoms with Gasteiger partial charge in [-0.3, -0.25) is 4.79 Å². The summed E-state index contributed by atoms with van der Waals surface area (Å²) < 4.78 is 10.9. The molecule has 1 fully saturated rings. The van der Waals surface area contributed by atoms with Crippen LogP contribution in [0.3, 0.4) is 0 Å². The third-order valence-corrected chi connectivity index (χ3v) is 4.05. The largest absolute Gasteiger partial charge is 0.497 e. The molecule has 1 aromatic rings. The highest BCUT2D eigenvalue weighted by Crippen LogP contribution is 2.23. The van der Waals surface area contributed by atoms with E-state index in [1.165, 1.54) is 0 Å². The second-order valence-corrected chi connectivity index (χ2v) is 5.97. The van der Waals surface area contributed by atoms with Gasteiger partial charge in [0.05, 0.1) is 13.7 Å². The van der Waals surface area contributed by atoms with E-state index in [2.05, 4.69) is 5.32 Å². The molecule has 1 aliphatic carbocycles. The van der Waals surface area contributed by atoms with Crippen molar-refractivity contribution in [1.29, 1.82) is 0 Å². The van der Waals surface area contributed by atoms with Gasteiger partial charge in [-0.15, -0.1) is 0 Å². The topological polar surface area (TPSA) is 73.6 Å². The molecule has 1 aliphatic rings. The number of benzene rings is 1. The Balaban J connectivity index is 1.74. The fourth-order valence-corrected chi connectivity index (χ4v) is 2.78. The number of amides is 1. The van der Waals surface area contributed by atoms with E-state index in [9.17, 15) is 4.79 Å². The van der Waals surface area contributed by atoms with Gasteiger partial charge < -0.3 is 20.5 Å². The summed E-state index contributed by atoms with van der Waals surface area (Å²) in [4.78, 5) is 12.1. The maximum atomic E-state index is 12.1. The molecule has 1 amide bonds. The Morgan fingerprint density at radius 3 is 2.64 bits per heavy atom.